The minimum Gasteiger partial charge on any atom is -0.468 e. The third-order valence-corrected chi connectivity index (χ3v) is 3.52. The van der Waals surface area contributed by atoms with Crippen molar-refractivity contribution in [3.8, 4) is 5.69 Å². The normalized spacial score (nSPS) is 12.1. The average Bonchev–Trinajstić information content (AvgIpc) is 2.86. The van der Waals surface area contributed by atoms with Gasteiger partial charge in [-0.05, 0) is 19.1 Å². The first-order valence-electron chi connectivity index (χ1n) is 5.55. The zero-order valence-corrected chi connectivity index (χ0v) is 11.1. The summed E-state index contributed by atoms with van der Waals surface area (Å²) >= 11 is 1.38. The van der Waals surface area contributed by atoms with Gasteiger partial charge in [-0.25, -0.2) is 4.98 Å². The second kappa shape index (κ2) is 5.73. The van der Waals surface area contributed by atoms with E-state index in [9.17, 15) is 4.79 Å². The standard InChI is InChI=1S/C13H14N2O2S/c1-10(12(16)17-2)18-13-14-8-9-15(13)11-6-4-3-5-7-11/h3-10H,1-2H3/t10-/m1/s1. The Kier molecular flexibility index (Phi) is 4.04. The molecule has 2 rings (SSSR count). The average molecular weight is 262 g/mol. The second-order valence-electron chi connectivity index (χ2n) is 3.70. The number of carbonyl (C=O) groups is 1. The number of benzene rings is 1. The molecule has 0 bridgehead atoms. The molecule has 4 nitrogen and oxygen atoms in total. The number of ether oxygens (including phenoxy) is 1. The van der Waals surface area contributed by atoms with E-state index in [0.717, 1.165) is 10.8 Å². The largest absolute Gasteiger partial charge is 0.468 e. The van der Waals surface area contributed by atoms with Crippen LogP contribution in [0, 0.1) is 0 Å². The van der Waals surface area contributed by atoms with Gasteiger partial charge in [0.25, 0.3) is 0 Å². The number of esters is 1. The van der Waals surface area contributed by atoms with Crippen LogP contribution in [-0.2, 0) is 9.53 Å². The van der Waals surface area contributed by atoms with Gasteiger partial charge in [0.15, 0.2) is 5.16 Å². The summed E-state index contributed by atoms with van der Waals surface area (Å²) in [6, 6.07) is 9.88. The lowest BCUT2D eigenvalue weighted by molar-refractivity contribution is -0.139. The minimum atomic E-state index is -0.278. The third kappa shape index (κ3) is 2.73. The molecule has 1 atom stereocenters. The van der Waals surface area contributed by atoms with Gasteiger partial charge in [-0.2, -0.15) is 0 Å². The SMILES string of the molecule is COC(=O)[C@@H](C)Sc1nccn1-c1ccccc1. The summed E-state index contributed by atoms with van der Waals surface area (Å²) in [5.41, 5.74) is 1.02. The molecule has 0 N–H and O–H groups in total. The summed E-state index contributed by atoms with van der Waals surface area (Å²) in [6.07, 6.45) is 3.60. The number of hydrogen-bond acceptors (Lipinski definition) is 4. The van der Waals surface area contributed by atoms with E-state index < -0.39 is 0 Å². The van der Waals surface area contributed by atoms with Crippen molar-refractivity contribution in [1.82, 2.24) is 9.55 Å². The molecule has 0 fully saturated rings. The number of imidazole rings is 1. The molecule has 0 spiro atoms. The van der Waals surface area contributed by atoms with Crippen molar-refractivity contribution >= 4 is 17.7 Å². The molecular weight excluding hydrogens is 248 g/mol. The fraction of sp³-hybridized carbons (Fsp3) is 0.231. The molecule has 0 saturated carbocycles. The molecule has 94 valence electrons. The zero-order valence-electron chi connectivity index (χ0n) is 10.2. The van der Waals surface area contributed by atoms with Gasteiger partial charge in [-0.15, -0.1) is 0 Å². The summed E-state index contributed by atoms with van der Waals surface area (Å²) in [5, 5.41) is 0.499. The molecule has 2 aromatic rings. The molecule has 1 aromatic heterocycles. The van der Waals surface area contributed by atoms with Crippen molar-refractivity contribution in [2.24, 2.45) is 0 Å². The Morgan fingerprint density at radius 1 is 1.39 bits per heavy atom. The van der Waals surface area contributed by atoms with E-state index in [-0.39, 0.29) is 11.2 Å². The zero-order chi connectivity index (χ0) is 13.0. The highest BCUT2D eigenvalue weighted by atomic mass is 32.2. The summed E-state index contributed by atoms with van der Waals surface area (Å²) < 4.78 is 6.66. The van der Waals surface area contributed by atoms with Crippen LogP contribution in [0.25, 0.3) is 5.69 Å². The van der Waals surface area contributed by atoms with Crippen molar-refractivity contribution in [2.45, 2.75) is 17.3 Å². The van der Waals surface area contributed by atoms with E-state index in [0.29, 0.717) is 0 Å². The van der Waals surface area contributed by atoms with Gasteiger partial charge in [0.1, 0.15) is 5.25 Å². The van der Waals surface area contributed by atoms with Gasteiger partial charge in [-0.3, -0.25) is 9.36 Å². The van der Waals surface area contributed by atoms with Crippen LogP contribution < -0.4 is 0 Å². The molecule has 0 saturated heterocycles. The molecule has 0 amide bonds. The van der Waals surface area contributed by atoms with Crippen LogP contribution in [-0.4, -0.2) is 27.9 Å². The highest BCUT2D eigenvalue weighted by molar-refractivity contribution is 8.00. The number of rotatable bonds is 4. The van der Waals surface area contributed by atoms with Gasteiger partial charge in [0.05, 0.1) is 7.11 Å². The van der Waals surface area contributed by atoms with E-state index >= 15 is 0 Å². The predicted molar refractivity (Wildman–Crippen MR) is 70.9 cm³/mol. The fourth-order valence-corrected chi connectivity index (χ4v) is 2.44. The van der Waals surface area contributed by atoms with Gasteiger partial charge in [0.2, 0.25) is 0 Å². The second-order valence-corrected chi connectivity index (χ2v) is 5.01. The molecule has 0 aliphatic carbocycles. The summed E-state index contributed by atoms with van der Waals surface area (Å²) in [4.78, 5) is 15.7. The highest BCUT2D eigenvalue weighted by Crippen LogP contribution is 2.24. The molecule has 1 heterocycles. The number of para-hydroxylation sites is 1. The van der Waals surface area contributed by atoms with Crippen LogP contribution in [0.3, 0.4) is 0 Å². The van der Waals surface area contributed by atoms with Crippen LogP contribution in [0.5, 0.6) is 0 Å². The summed E-state index contributed by atoms with van der Waals surface area (Å²) in [7, 11) is 1.39. The monoisotopic (exact) mass is 262 g/mol. The molecule has 0 radical (unpaired) electrons. The van der Waals surface area contributed by atoms with E-state index in [1.807, 2.05) is 41.1 Å². The highest BCUT2D eigenvalue weighted by Gasteiger charge is 2.17. The van der Waals surface area contributed by atoms with Crippen molar-refractivity contribution in [2.75, 3.05) is 7.11 Å². The van der Waals surface area contributed by atoms with Crippen LogP contribution in [0.1, 0.15) is 6.92 Å². The number of aromatic nitrogens is 2. The maximum atomic E-state index is 11.4. The Morgan fingerprint density at radius 2 is 2.11 bits per heavy atom. The van der Waals surface area contributed by atoms with Gasteiger partial charge >= 0.3 is 5.97 Å². The molecular formula is C13H14N2O2S. The molecule has 0 aliphatic heterocycles. The van der Waals surface area contributed by atoms with Crippen LogP contribution in [0.2, 0.25) is 0 Å². The lowest BCUT2D eigenvalue weighted by atomic mass is 10.3. The first-order valence-corrected chi connectivity index (χ1v) is 6.43. The van der Waals surface area contributed by atoms with E-state index in [4.69, 9.17) is 4.74 Å². The van der Waals surface area contributed by atoms with E-state index in [1.165, 1.54) is 18.9 Å². The Bertz CT molecular complexity index is 525. The number of hydrogen-bond donors (Lipinski definition) is 0. The van der Waals surface area contributed by atoms with Gasteiger partial charge in [0, 0.05) is 18.1 Å². The lowest BCUT2D eigenvalue weighted by Crippen LogP contribution is -2.15. The van der Waals surface area contributed by atoms with Gasteiger partial charge in [-0.1, -0.05) is 30.0 Å². The Hall–Kier alpha value is -1.75. The number of carbonyl (C=O) groups excluding carboxylic acids is 1. The third-order valence-electron chi connectivity index (χ3n) is 2.46. The number of thioether (sulfide) groups is 1. The lowest BCUT2D eigenvalue weighted by Gasteiger charge is -2.10. The van der Waals surface area contributed by atoms with Crippen molar-refractivity contribution in [3.05, 3.63) is 42.7 Å². The first-order chi connectivity index (χ1) is 8.72. The maximum Gasteiger partial charge on any atom is 0.318 e. The Labute approximate surface area is 110 Å². The van der Waals surface area contributed by atoms with Crippen molar-refractivity contribution in [1.29, 1.82) is 0 Å². The number of methoxy groups -OCH3 is 1. The molecule has 18 heavy (non-hydrogen) atoms. The van der Waals surface area contributed by atoms with Gasteiger partial charge < -0.3 is 4.74 Å². The maximum absolute atomic E-state index is 11.4. The Balaban J connectivity index is 2.21. The smallest absolute Gasteiger partial charge is 0.318 e. The first kappa shape index (κ1) is 12.7. The van der Waals surface area contributed by atoms with E-state index in [2.05, 4.69) is 4.98 Å². The quantitative estimate of drug-likeness (QED) is 0.627. The molecule has 0 unspecified atom stereocenters. The molecule has 1 aromatic carbocycles. The van der Waals surface area contributed by atoms with Crippen molar-refractivity contribution in [3.63, 3.8) is 0 Å². The molecule has 0 aliphatic rings. The summed E-state index contributed by atoms with van der Waals surface area (Å²) in [5.74, 6) is -0.248. The Morgan fingerprint density at radius 3 is 2.78 bits per heavy atom. The summed E-state index contributed by atoms with van der Waals surface area (Å²) in [6.45, 7) is 1.81. The van der Waals surface area contributed by atoms with E-state index in [1.54, 1.807) is 13.1 Å². The van der Waals surface area contributed by atoms with Crippen molar-refractivity contribution < 1.29 is 9.53 Å². The fourth-order valence-electron chi connectivity index (χ4n) is 1.53. The number of nitrogens with zero attached hydrogens (tertiary/aromatic N) is 2. The van der Waals surface area contributed by atoms with Crippen LogP contribution >= 0.6 is 11.8 Å². The van der Waals surface area contributed by atoms with Crippen LogP contribution in [0.4, 0.5) is 0 Å². The predicted octanol–water partition coefficient (Wildman–Crippen LogP) is 2.53. The topological polar surface area (TPSA) is 44.1 Å². The van der Waals surface area contributed by atoms with Crippen LogP contribution in [0.15, 0.2) is 47.9 Å². The molecule has 5 heteroatoms. The minimum absolute atomic E-state index is 0.248.